The minimum Gasteiger partial charge on any atom is -0.493 e. The van der Waals surface area contributed by atoms with Gasteiger partial charge in [0, 0.05) is 23.2 Å². The maximum atomic E-state index is 13.6. The zero-order valence-corrected chi connectivity index (χ0v) is 25.5. The number of para-hydroxylation sites is 1. The van der Waals surface area contributed by atoms with Crippen LogP contribution < -0.4 is 25.6 Å². The smallest absolute Gasteiger partial charge is 0.408 e. The number of aromatic amines is 1. The van der Waals surface area contributed by atoms with Gasteiger partial charge in [-0.25, -0.2) is 10.3 Å². The van der Waals surface area contributed by atoms with Crippen LogP contribution >= 0.6 is 0 Å². The zero-order valence-electron chi connectivity index (χ0n) is 25.5. The number of H-pyrrole nitrogens is 1. The summed E-state index contributed by atoms with van der Waals surface area (Å²) in [5.74, 6) is -0.00738. The Hall–Kier alpha value is -4.51. The van der Waals surface area contributed by atoms with Gasteiger partial charge >= 0.3 is 6.09 Å². The normalized spacial score (nSPS) is 13.0. The third kappa shape index (κ3) is 10.4. The van der Waals surface area contributed by atoms with Crippen molar-refractivity contribution in [2.75, 3.05) is 13.7 Å². The molecule has 1 aromatic heterocycles. The Bertz CT molecular complexity index is 1420. The quantitative estimate of drug-likeness (QED) is 0.109. The van der Waals surface area contributed by atoms with E-state index in [1.165, 1.54) is 19.3 Å². The van der Waals surface area contributed by atoms with E-state index < -0.39 is 29.7 Å². The molecule has 0 unspecified atom stereocenters. The third-order valence-corrected chi connectivity index (χ3v) is 6.37. The summed E-state index contributed by atoms with van der Waals surface area (Å²) in [6.07, 6.45) is 4.83. The van der Waals surface area contributed by atoms with Gasteiger partial charge in [-0.05, 0) is 74.9 Å². The topological polar surface area (TPSA) is 151 Å². The number of fused-ring (bicyclic) bond motifs is 1. The second kappa shape index (κ2) is 15.1. The van der Waals surface area contributed by atoms with Crippen molar-refractivity contribution in [3.8, 4) is 11.5 Å². The maximum absolute atomic E-state index is 13.6. The molecule has 3 rings (SSSR count). The molecule has 0 spiro atoms. The highest BCUT2D eigenvalue weighted by Gasteiger charge is 2.27. The van der Waals surface area contributed by atoms with Crippen molar-refractivity contribution in [3.05, 3.63) is 65.9 Å². The Morgan fingerprint density at radius 1 is 1.05 bits per heavy atom. The van der Waals surface area contributed by atoms with Gasteiger partial charge < -0.3 is 29.8 Å². The highest BCUT2D eigenvalue weighted by atomic mass is 16.6. The zero-order chi connectivity index (χ0) is 31.6. The van der Waals surface area contributed by atoms with E-state index in [-0.39, 0.29) is 18.4 Å². The Morgan fingerprint density at radius 3 is 2.47 bits per heavy atom. The van der Waals surface area contributed by atoms with Crippen molar-refractivity contribution in [2.24, 2.45) is 5.92 Å². The number of hydrogen-bond acceptors (Lipinski definition) is 7. The summed E-state index contributed by atoms with van der Waals surface area (Å²) in [6, 6.07) is 11.7. The summed E-state index contributed by atoms with van der Waals surface area (Å²) < 4.78 is 17.1. The molecule has 0 fully saturated rings. The van der Waals surface area contributed by atoms with Gasteiger partial charge in [0.05, 0.1) is 13.2 Å². The Balaban J connectivity index is 1.83. The summed E-state index contributed by atoms with van der Waals surface area (Å²) in [6.45, 7) is 9.35. The highest BCUT2D eigenvalue weighted by Crippen LogP contribution is 2.29. The number of methoxy groups -OCH3 is 1. The lowest BCUT2D eigenvalue weighted by atomic mass is 10.0. The van der Waals surface area contributed by atoms with Gasteiger partial charge in [-0.2, -0.15) is 0 Å². The summed E-state index contributed by atoms with van der Waals surface area (Å²) in [5, 5.41) is 15.6. The number of amides is 3. The summed E-state index contributed by atoms with van der Waals surface area (Å²) in [7, 11) is 1.50. The average Bonchev–Trinajstić information content (AvgIpc) is 3.35. The minimum absolute atomic E-state index is 0.102. The number of rotatable bonds is 13. The summed E-state index contributed by atoms with van der Waals surface area (Å²) in [5.41, 5.74) is 3.47. The molecule has 43 heavy (non-hydrogen) atoms. The molecular weight excluding hydrogens is 552 g/mol. The van der Waals surface area contributed by atoms with Crippen molar-refractivity contribution in [1.29, 1.82) is 0 Å². The lowest BCUT2D eigenvalue weighted by Crippen LogP contribution is -2.52. The monoisotopic (exact) mass is 594 g/mol. The molecule has 232 valence electrons. The standard InChI is InChI=1S/C32H42N4O7/c1-20(2)15-26(35-31(39)43-32(3,4)5)30(38)34-23(17-22-18-33-25-10-8-7-9-24(22)25)19-42-27-13-11-21(16-28(27)41-6)12-14-29(37)36-40/h7-14,16,18,20,23,26,33,40H,15,17,19H2,1-6H3,(H,34,38)(H,35,39)(H,36,37)/b14-12+/t23-,26-/m0/s1. The van der Waals surface area contributed by atoms with Crippen molar-refractivity contribution < 1.29 is 33.8 Å². The molecular formula is C32H42N4O7. The molecule has 2 atom stereocenters. The highest BCUT2D eigenvalue weighted by molar-refractivity contribution is 5.91. The van der Waals surface area contributed by atoms with Crippen LogP contribution in [-0.2, 0) is 20.7 Å². The fraction of sp³-hybridized carbons (Fsp3) is 0.406. The summed E-state index contributed by atoms with van der Waals surface area (Å²) >= 11 is 0. The second-order valence-electron chi connectivity index (χ2n) is 11.6. The molecule has 0 bridgehead atoms. The van der Waals surface area contributed by atoms with Crippen LogP contribution in [0.5, 0.6) is 11.5 Å². The van der Waals surface area contributed by atoms with Crippen LogP contribution in [0.4, 0.5) is 4.79 Å². The number of ether oxygens (including phenoxy) is 3. The molecule has 0 aliphatic carbocycles. The minimum atomic E-state index is -0.808. The SMILES string of the molecule is COc1cc(/C=C/C(=O)NO)ccc1OC[C@H](Cc1c[nH]c2ccccc12)NC(=O)[C@H](CC(C)C)NC(=O)OC(C)(C)C. The average molecular weight is 595 g/mol. The van der Waals surface area contributed by atoms with Gasteiger partial charge in [-0.15, -0.1) is 0 Å². The molecule has 0 aliphatic heterocycles. The second-order valence-corrected chi connectivity index (χ2v) is 11.6. The molecule has 5 N–H and O–H groups in total. The van der Waals surface area contributed by atoms with Crippen molar-refractivity contribution in [3.63, 3.8) is 0 Å². The Kier molecular flexibility index (Phi) is 11.6. The molecule has 3 amide bonds. The first kappa shape index (κ1) is 33.0. The van der Waals surface area contributed by atoms with Gasteiger partial charge in [0.15, 0.2) is 11.5 Å². The van der Waals surface area contributed by atoms with Gasteiger partial charge in [0.2, 0.25) is 5.91 Å². The van der Waals surface area contributed by atoms with Crippen LogP contribution in [-0.4, -0.2) is 59.5 Å². The number of aromatic nitrogens is 1. The molecule has 0 aliphatic rings. The number of hydroxylamine groups is 1. The first-order valence-corrected chi connectivity index (χ1v) is 14.2. The number of carbonyl (C=O) groups is 3. The first-order chi connectivity index (χ1) is 20.4. The van der Waals surface area contributed by atoms with Gasteiger partial charge in [0.25, 0.3) is 5.91 Å². The third-order valence-electron chi connectivity index (χ3n) is 6.37. The van der Waals surface area contributed by atoms with E-state index in [1.54, 1.807) is 44.5 Å². The molecule has 11 heteroatoms. The predicted molar refractivity (Wildman–Crippen MR) is 164 cm³/mol. The van der Waals surface area contributed by atoms with Crippen molar-refractivity contribution in [1.82, 2.24) is 21.1 Å². The number of alkyl carbamates (subject to hydrolysis) is 1. The van der Waals surface area contributed by atoms with E-state index >= 15 is 0 Å². The Morgan fingerprint density at radius 2 is 1.79 bits per heavy atom. The lowest BCUT2D eigenvalue weighted by molar-refractivity contribution is -0.125. The fourth-order valence-corrected chi connectivity index (χ4v) is 4.48. The van der Waals surface area contributed by atoms with E-state index in [0.717, 1.165) is 16.5 Å². The van der Waals surface area contributed by atoms with E-state index in [0.29, 0.717) is 29.9 Å². The van der Waals surface area contributed by atoms with Crippen molar-refractivity contribution in [2.45, 2.75) is 65.1 Å². The van der Waals surface area contributed by atoms with Crippen LogP contribution in [0.15, 0.2) is 54.7 Å². The molecule has 11 nitrogen and oxygen atoms in total. The van der Waals surface area contributed by atoms with Crippen molar-refractivity contribution >= 4 is 34.9 Å². The van der Waals surface area contributed by atoms with Crippen LogP contribution in [0.1, 0.15) is 52.2 Å². The van der Waals surface area contributed by atoms with Gasteiger partial charge in [-0.3, -0.25) is 14.8 Å². The fourth-order valence-electron chi connectivity index (χ4n) is 4.48. The van der Waals surface area contributed by atoms with Crippen LogP contribution in [0.25, 0.3) is 17.0 Å². The molecule has 0 saturated heterocycles. The van der Waals surface area contributed by atoms with Crippen LogP contribution in [0.2, 0.25) is 0 Å². The molecule has 1 heterocycles. The predicted octanol–water partition coefficient (Wildman–Crippen LogP) is 4.74. The summed E-state index contributed by atoms with van der Waals surface area (Å²) in [4.78, 5) is 40.8. The Labute approximate surface area is 251 Å². The van der Waals surface area contributed by atoms with E-state index in [2.05, 4.69) is 15.6 Å². The number of benzene rings is 2. The first-order valence-electron chi connectivity index (χ1n) is 14.2. The van der Waals surface area contributed by atoms with Gasteiger partial charge in [-0.1, -0.05) is 38.1 Å². The van der Waals surface area contributed by atoms with Crippen LogP contribution in [0.3, 0.4) is 0 Å². The number of carbonyl (C=O) groups excluding carboxylic acids is 3. The van der Waals surface area contributed by atoms with E-state index in [9.17, 15) is 14.4 Å². The van der Waals surface area contributed by atoms with Crippen LogP contribution in [0, 0.1) is 5.92 Å². The van der Waals surface area contributed by atoms with Gasteiger partial charge in [0.1, 0.15) is 18.2 Å². The molecule has 0 radical (unpaired) electrons. The molecule has 3 aromatic rings. The maximum Gasteiger partial charge on any atom is 0.408 e. The van der Waals surface area contributed by atoms with E-state index in [1.807, 2.05) is 44.3 Å². The molecule has 0 saturated carbocycles. The van der Waals surface area contributed by atoms with E-state index in [4.69, 9.17) is 19.4 Å². The number of hydrogen-bond donors (Lipinski definition) is 5. The largest absolute Gasteiger partial charge is 0.493 e. The number of nitrogens with one attached hydrogen (secondary N) is 4. The lowest BCUT2D eigenvalue weighted by Gasteiger charge is -2.26. The molecule has 2 aromatic carbocycles.